The summed E-state index contributed by atoms with van der Waals surface area (Å²) in [4.78, 5) is 25.4. The van der Waals surface area contributed by atoms with Gasteiger partial charge in [-0.15, -0.1) is 0 Å². The maximum Gasteiger partial charge on any atom is 0.262 e. The van der Waals surface area contributed by atoms with Gasteiger partial charge in [-0.1, -0.05) is 26.0 Å². The van der Waals surface area contributed by atoms with Crippen LogP contribution in [0.3, 0.4) is 0 Å². The van der Waals surface area contributed by atoms with Crippen molar-refractivity contribution >= 4 is 63.2 Å². The van der Waals surface area contributed by atoms with Gasteiger partial charge in [0.2, 0.25) is 0 Å². The second kappa shape index (κ2) is 14.1. The molecule has 1 unspecified atom stereocenters. The van der Waals surface area contributed by atoms with Crippen LogP contribution in [-0.2, 0) is 11.4 Å². The summed E-state index contributed by atoms with van der Waals surface area (Å²) in [6.45, 7) is 4.08. The third-order valence-corrected chi connectivity index (χ3v) is 7.07. The van der Waals surface area contributed by atoms with Crippen molar-refractivity contribution in [2.45, 2.75) is 26.5 Å². The van der Waals surface area contributed by atoms with Gasteiger partial charge in [0, 0.05) is 5.56 Å². The molecule has 0 aliphatic rings. The molecule has 0 bridgehead atoms. The van der Waals surface area contributed by atoms with Gasteiger partial charge in [-0.2, -0.15) is 10.4 Å². The van der Waals surface area contributed by atoms with Crippen molar-refractivity contribution in [2.75, 3.05) is 7.11 Å². The molecule has 8 nitrogen and oxygen atoms in total. The van der Waals surface area contributed by atoms with E-state index in [2.05, 4.69) is 67.1 Å². The van der Waals surface area contributed by atoms with Gasteiger partial charge in [-0.3, -0.25) is 9.59 Å². The topological polar surface area (TPSA) is 113 Å². The summed E-state index contributed by atoms with van der Waals surface area (Å²) in [5.74, 6) is 0.472. The summed E-state index contributed by atoms with van der Waals surface area (Å²) in [5, 5.41) is 15.8. The van der Waals surface area contributed by atoms with Crippen molar-refractivity contribution in [3.05, 3.63) is 90.1 Å². The SMILES string of the molecule is COc1ccc(C(=O)NC(C(=O)NN=Cc2cc(I)c(OCc3ccc(C#N)cc3)c(I)c2)C(C)C)cc1. The van der Waals surface area contributed by atoms with Crippen LogP contribution in [0.15, 0.2) is 65.8 Å². The molecule has 0 aromatic heterocycles. The van der Waals surface area contributed by atoms with Crippen molar-refractivity contribution in [3.63, 3.8) is 0 Å². The number of hydrogen-bond acceptors (Lipinski definition) is 6. The highest BCUT2D eigenvalue weighted by Gasteiger charge is 2.24. The lowest BCUT2D eigenvalue weighted by Crippen LogP contribution is -2.48. The first-order valence-electron chi connectivity index (χ1n) is 11.6. The summed E-state index contributed by atoms with van der Waals surface area (Å²) in [7, 11) is 1.55. The zero-order valence-corrected chi connectivity index (χ0v) is 25.3. The quantitative estimate of drug-likeness (QED) is 0.168. The third kappa shape index (κ3) is 8.16. The van der Waals surface area contributed by atoms with Crippen LogP contribution in [0, 0.1) is 24.4 Å². The Labute approximate surface area is 249 Å². The van der Waals surface area contributed by atoms with Gasteiger partial charge in [-0.25, -0.2) is 5.43 Å². The van der Waals surface area contributed by atoms with E-state index in [1.807, 2.05) is 38.1 Å². The van der Waals surface area contributed by atoms with E-state index < -0.39 is 11.9 Å². The number of rotatable bonds is 10. The fourth-order valence-electron chi connectivity index (χ4n) is 3.36. The number of carbonyl (C=O) groups excluding carboxylic acids is 2. The Bertz CT molecular complexity index is 1330. The minimum Gasteiger partial charge on any atom is -0.497 e. The van der Waals surface area contributed by atoms with Gasteiger partial charge in [-0.05, 0) is 111 Å². The highest BCUT2D eigenvalue weighted by atomic mass is 127. The Hall–Kier alpha value is -3.18. The molecule has 0 saturated carbocycles. The number of ether oxygens (including phenoxy) is 2. The van der Waals surface area contributed by atoms with E-state index in [1.165, 1.54) is 0 Å². The van der Waals surface area contributed by atoms with Crippen LogP contribution < -0.4 is 20.2 Å². The van der Waals surface area contributed by atoms with Crippen molar-refractivity contribution in [2.24, 2.45) is 11.0 Å². The van der Waals surface area contributed by atoms with E-state index in [0.717, 1.165) is 24.0 Å². The monoisotopic (exact) mass is 736 g/mol. The molecule has 3 aromatic carbocycles. The summed E-state index contributed by atoms with van der Waals surface area (Å²) >= 11 is 4.39. The van der Waals surface area contributed by atoms with Crippen molar-refractivity contribution in [1.82, 2.24) is 10.7 Å². The molecule has 0 aliphatic carbocycles. The zero-order chi connectivity index (χ0) is 27.7. The maximum absolute atomic E-state index is 12.8. The Morgan fingerprint density at radius 3 is 2.24 bits per heavy atom. The minimum absolute atomic E-state index is 0.151. The molecule has 38 heavy (non-hydrogen) atoms. The number of hydrazone groups is 1. The summed E-state index contributed by atoms with van der Waals surface area (Å²) in [6, 6.07) is 19.1. The van der Waals surface area contributed by atoms with E-state index in [-0.39, 0.29) is 11.8 Å². The minimum atomic E-state index is -0.764. The number of halogens is 2. The van der Waals surface area contributed by atoms with Gasteiger partial charge in [0.05, 0.1) is 32.1 Å². The lowest BCUT2D eigenvalue weighted by molar-refractivity contribution is -0.123. The largest absolute Gasteiger partial charge is 0.497 e. The first-order valence-corrected chi connectivity index (χ1v) is 13.8. The molecular formula is C28H26I2N4O4. The third-order valence-electron chi connectivity index (χ3n) is 5.46. The summed E-state index contributed by atoms with van der Waals surface area (Å²) < 4.78 is 12.9. The maximum atomic E-state index is 12.8. The Balaban J connectivity index is 1.61. The first-order chi connectivity index (χ1) is 18.2. The van der Waals surface area contributed by atoms with Gasteiger partial charge < -0.3 is 14.8 Å². The predicted molar refractivity (Wildman–Crippen MR) is 162 cm³/mol. The van der Waals surface area contributed by atoms with E-state index in [4.69, 9.17) is 14.7 Å². The lowest BCUT2D eigenvalue weighted by Gasteiger charge is -2.20. The number of amides is 2. The molecule has 0 heterocycles. The molecule has 0 radical (unpaired) electrons. The smallest absolute Gasteiger partial charge is 0.262 e. The first kappa shape index (κ1) is 29.4. The number of nitrogens with zero attached hydrogens (tertiary/aromatic N) is 2. The Morgan fingerprint density at radius 2 is 1.68 bits per heavy atom. The number of hydrogen-bond donors (Lipinski definition) is 2. The molecule has 1 atom stereocenters. The molecule has 0 aliphatic heterocycles. The van der Waals surface area contributed by atoms with Crippen molar-refractivity contribution in [1.29, 1.82) is 5.26 Å². The van der Waals surface area contributed by atoms with E-state index in [9.17, 15) is 9.59 Å². The van der Waals surface area contributed by atoms with Gasteiger partial charge >= 0.3 is 0 Å². The normalized spacial score (nSPS) is 11.6. The van der Waals surface area contributed by atoms with Crippen LogP contribution in [-0.4, -0.2) is 31.2 Å². The number of nitriles is 1. The van der Waals surface area contributed by atoms with Crippen LogP contribution in [0.4, 0.5) is 0 Å². The molecule has 3 rings (SSSR count). The molecule has 0 spiro atoms. The second-order valence-electron chi connectivity index (χ2n) is 8.57. The zero-order valence-electron chi connectivity index (χ0n) is 21.0. The molecule has 2 N–H and O–H groups in total. The Morgan fingerprint density at radius 1 is 1.05 bits per heavy atom. The Kier molecular flexibility index (Phi) is 10.9. The van der Waals surface area contributed by atoms with Gasteiger partial charge in [0.25, 0.3) is 11.8 Å². The average Bonchev–Trinajstić information content (AvgIpc) is 2.91. The van der Waals surface area contributed by atoms with Crippen LogP contribution in [0.25, 0.3) is 0 Å². The van der Waals surface area contributed by atoms with Crippen molar-refractivity contribution < 1.29 is 19.1 Å². The lowest BCUT2D eigenvalue weighted by atomic mass is 10.0. The van der Waals surface area contributed by atoms with Crippen LogP contribution in [0.5, 0.6) is 11.5 Å². The summed E-state index contributed by atoms with van der Waals surface area (Å²) in [6.07, 6.45) is 1.55. The predicted octanol–water partition coefficient (Wildman–Crippen LogP) is 5.26. The highest BCUT2D eigenvalue weighted by molar-refractivity contribution is 14.1. The number of nitrogens with one attached hydrogen (secondary N) is 2. The second-order valence-corrected chi connectivity index (χ2v) is 10.9. The molecule has 10 heteroatoms. The van der Waals surface area contributed by atoms with Crippen LogP contribution in [0.1, 0.15) is 40.9 Å². The standard InChI is InChI=1S/C28H26I2N4O4/c1-17(2)25(33-27(35)21-8-10-22(37-3)11-9-21)28(36)34-32-15-20-12-23(29)26(24(30)13-20)38-16-19-6-4-18(14-31)5-7-19/h4-13,15,17,25H,16H2,1-3H3,(H,33,35)(H,34,36). The summed E-state index contributed by atoms with van der Waals surface area (Å²) in [5.41, 5.74) is 5.31. The molecule has 196 valence electrons. The molecular weight excluding hydrogens is 710 g/mol. The molecule has 2 amide bonds. The van der Waals surface area contributed by atoms with Crippen LogP contribution >= 0.6 is 45.2 Å². The van der Waals surface area contributed by atoms with Gasteiger partial charge in [0.1, 0.15) is 24.1 Å². The average molecular weight is 736 g/mol. The van der Waals surface area contributed by atoms with E-state index in [1.54, 1.807) is 49.7 Å². The van der Waals surface area contributed by atoms with Crippen molar-refractivity contribution in [3.8, 4) is 17.6 Å². The van der Waals surface area contributed by atoms with Crippen LogP contribution in [0.2, 0.25) is 0 Å². The fourth-order valence-corrected chi connectivity index (χ4v) is 5.49. The number of carbonyl (C=O) groups is 2. The molecule has 0 saturated heterocycles. The molecule has 3 aromatic rings. The molecule has 0 fully saturated rings. The van der Waals surface area contributed by atoms with E-state index >= 15 is 0 Å². The van der Waals surface area contributed by atoms with E-state index in [0.29, 0.717) is 23.5 Å². The number of methoxy groups -OCH3 is 1. The van der Waals surface area contributed by atoms with Gasteiger partial charge in [0.15, 0.2) is 0 Å². The highest BCUT2D eigenvalue weighted by Crippen LogP contribution is 2.29. The number of benzene rings is 3. The fraction of sp³-hybridized carbons (Fsp3) is 0.214.